The van der Waals surface area contributed by atoms with Crippen LogP contribution in [0.4, 0.5) is 34.9 Å². The van der Waals surface area contributed by atoms with Crippen molar-refractivity contribution in [2.75, 3.05) is 9.80 Å². The molecule has 0 aliphatic carbocycles. The minimum Gasteiger partial charge on any atom is -0.295 e. The summed E-state index contributed by atoms with van der Waals surface area (Å²) in [6.07, 6.45) is 0. The molecule has 0 bridgehead atoms. The van der Waals surface area contributed by atoms with Gasteiger partial charge in [-0.1, -0.05) is 231 Å². The molecule has 410 valence electrons. The minimum absolute atomic E-state index is 0.514. The van der Waals surface area contributed by atoms with Crippen LogP contribution in [0.3, 0.4) is 0 Å². The summed E-state index contributed by atoms with van der Waals surface area (Å²) in [6.45, 7) is 0. The third-order valence-corrected chi connectivity index (χ3v) is 17.2. The number of rotatable bonds is 7. The molecule has 0 atom stereocenters. The summed E-state index contributed by atoms with van der Waals surface area (Å²) >= 11 is 0. The van der Waals surface area contributed by atoms with Gasteiger partial charge in [0.15, 0.2) is 23.3 Å². The van der Waals surface area contributed by atoms with Crippen LogP contribution in [-0.4, -0.2) is 39.0 Å². The van der Waals surface area contributed by atoms with Gasteiger partial charge >= 0.3 is 0 Å². The highest BCUT2D eigenvalue weighted by Gasteiger charge is 2.34. The Labute approximate surface area is 505 Å². The Morgan fingerprint density at radius 1 is 0.227 bits per heavy atom. The Kier molecular flexibility index (Phi) is 11.1. The number of anilines is 6. The van der Waals surface area contributed by atoms with Crippen molar-refractivity contribution in [1.29, 1.82) is 0 Å². The van der Waals surface area contributed by atoms with E-state index in [1.807, 2.05) is 72.8 Å². The number of hydrogen-bond acceptors (Lipinski definition) is 8. The summed E-state index contributed by atoms with van der Waals surface area (Å²) in [5.74, 6) is 5.22. The molecule has 0 amide bonds. The number of hydrogen-bond donors (Lipinski definition) is 0. The molecule has 16 aromatic rings. The number of benzene rings is 12. The molecule has 0 fully saturated rings. The Bertz CT molecular complexity index is 5350. The van der Waals surface area contributed by atoms with Gasteiger partial charge in [0.05, 0.1) is 33.8 Å². The van der Waals surface area contributed by atoms with Gasteiger partial charge in [-0.3, -0.25) is 18.9 Å². The highest BCUT2D eigenvalue weighted by Crippen LogP contribution is 2.53. The van der Waals surface area contributed by atoms with Gasteiger partial charge in [-0.25, -0.2) is 9.97 Å². The van der Waals surface area contributed by atoms with Gasteiger partial charge in [0.1, 0.15) is 11.6 Å². The zero-order valence-corrected chi connectivity index (χ0v) is 47.2. The van der Waals surface area contributed by atoms with Crippen LogP contribution < -0.4 is 9.80 Å². The van der Waals surface area contributed by atoms with E-state index in [2.05, 4.69) is 237 Å². The molecule has 18 rings (SSSR count). The molecule has 4 aromatic heterocycles. The minimum atomic E-state index is 0.514. The van der Waals surface area contributed by atoms with Crippen molar-refractivity contribution in [3.8, 4) is 90.3 Å². The largest absolute Gasteiger partial charge is 0.295 e. The van der Waals surface area contributed by atoms with E-state index in [4.69, 9.17) is 29.9 Å². The van der Waals surface area contributed by atoms with Crippen LogP contribution >= 0.6 is 0 Å². The molecule has 88 heavy (non-hydrogen) atoms. The summed E-state index contributed by atoms with van der Waals surface area (Å²) in [5, 5.41) is 6.61. The fourth-order valence-electron chi connectivity index (χ4n) is 13.3. The van der Waals surface area contributed by atoms with E-state index >= 15 is 0 Å². The second-order valence-corrected chi connectivity index (χ2v) is 22.3. The molecule has 0 unspecified atom stereocenters. The third-order valence-electron chi connectivity index (χ3n) is 17.2. The van der Waals surface area contributed by atoms with E-state index in [1.54, 1.807) is 0 Å². The second-order valence-electron chi connectivity index (χ2n) is 22.3. The van der Waals surface area contributed by atoms with Crippen LogP contribution in [0.2, 0.25) is 0 Å². The second kappa shape index (κ2) is 19.7. The maximum Gasteiger partial charge on any atom is 0.239 e. The smallest absolute Gasteiger partial charge is 0.239 e. The Morgan fingerprint density at radius 3 is 1.25 bits per heavy atom. The van der Waals surface area contributed by atoms with Gasteiger partial charge < -0.3 is 0 Å². The normalized spacial score (nSPS) is 12.3. The average Bonchev–Trinajstić information content (AvgIpc) is 1.64. The maximum atomic E-state index is 5.40. The predicted octanol–water partition coefficient (Wildman–Crippen LogP) is 19.5. The summed E-state index contributed by atoms with van der Waals surface area (Å²) in [5.41, 5.74) is 16.4. The zero-order valence-electron chi connectivity index (χ0n) is 47.2. The van der Waals surface area contributed by atoms with Crippen molar-refractivity contribution in [3.63, 3.8) is 0 Å². The van der Waals surface area contributed by atoms with Gasteiger partial charge in [-0.15, -0.1) is 0 Å². The van der Waals surface area contributed by atoms with Crippen molar-refractivity contribution in [3.05, 3.63) is 291 Å². The third kappa shape index (κ3) is 7.82. The van der Waals surface area contributed by atoms with Crippen LogP contribution in [0.5, 0.6) is 0 Å². The fraction of sp³-hybridized carbons (Fsp3) is 0. The molecule has 0 radical (unpaired) electrons. The predicted molar refractivity (Wildman–Crippen MR) is 356 cm³/mol. The fourth-order valence-corrected chi connectivity index (χ4v) is 13.3. The van der Waals surface area contributed by atoms with E-state index < -0.39 is 0 Å². The first-order valence-electron chi connectivity index (χ1n) is 29.5. The van der Waals surface area contributed by atoms with E-state index in [0.717, 1.165) is 133 Å². The molecular weight excluding hydrogens is 1080 g/mol. The van der Waals surface area contributed by atoms with Gasteiger partial charge in [0, 0.05) is 60.7 Å². The van der Waals surface area contributed by atoms with Crippen molar-refractivity contribution < 1.29 is 0 Å². The van der Waals surface area contributed by atoms with Crippen LogP contribution in [0, 0.1) is 0 Å². The van der Waals surface area contributed by atoms with E-state index in [0.29, 0.717) is 35.2 Å². The maximum absolute atomic E-state index is 5.40. The van der Waals surface area contributed by atoms with E-state index in [-0.39, 0.29) is 0 Å². The lowest BCUT2D eigenvalue weighted by molar-refractivity contribution is 0.994. The topological polar surface area (TPSA) is 93.7 Å². The highest BCUT2D eigenvalue weighted by atomic mass is 15.4. The van der Waals surface area contributed by atoms with Crippen LogP contribution in [0.15, 0.2) is 291 Å². The first-order chi connectivity index (χ1) is 43.6. The lowest BCUT2D eigenvalue weighted by Gasteiger charge is -2.25. The van der Waals surface area contributed by atoms with Gasteiger partial charge in [-0.2, -0.15) is 19.9 Å². The van der Waals surface area contributed by atoms with Crippen molar-refractivity contribution >= 4 is 78.3 Å². The SMILES string of the molecule is c1ccc(-c2nc(-c3ccccc3)nc(N3c4cc5ccc(-c6cc7cc8n(c7c7ccccc67)-c6ccccc6-c6ccccc6N8c6nc(-c7ccccc7)nc(-c7ccccc7)n6)cc5cc4-c4ccccc4-n4c3cc3ccccc34)n2)cc1. The molecule has 10 heteroatoms. The monoisotopic (exact) mass is 1120 g/mol. The van der Waals surface area contributed by atoms with Gasteiger partial charge in [0.2, 0.25) is 11.9 Å². The average molecular weight is 1130 g/mol. The molecule has 0 N–H and O–H groups in total. The molecular formula is C78H48N10. The lowest BCUT2D eigenvalue weighted by Crippen LogP contribution is -2.17. The number of nitrogens with zero attached hydrogens (tertiary/aromatic N) is 10. The zero-order chi connectivity index (χ0) is 57.8. The highest BCUT2D eigenvalue weighted by molar-refractivity contribution is 6.16. The molecule has 12 aromatic carbocycles. The number of fused-ring (bicyclic) bond motifs is 17. The quantitative estimate of drug-likeness (QED) is 0.156. The van der Waals surface area contributed by atoms with Crippen molar-refractivity contribution in [1.82, 2.24) is 39.0 Å². The van der Waals surface area contributed by atoms with Crippen LogP contribution in [0.25, 0.3) is 134 Å². The van der Waals surface area contributed by atoms with Crippen molar-refractivity contribution in [2.24, 2.45) is 0 Å². The summed E-state index contributed by atoms with van der Waals surface area (Å²) in [6, 6.07) is 103. The summed E-state index contributed by atoms with van der Waals surface area (Å²) < 4.78 is 4.78. The first-order valence-corrected chi connectivity index (χ1v) is 29.5. The van der Waals surface area contributed by atoms with Gasteiger partial charge in [0.25, 0.3) is 0 Å². The lowest BCUT2D eigenvalue weighted by atomic mass is 9.92. The Morgan fingerprint density at radius 2 is 0.659 bits per heavy atom. The standard InChI is InChI=1S/C78H48N10/c1-5-23-49(24-6-1)73-79-74(50-25-7-2-8-26-50)82-77(81-73)87-68-40-22-17-34-60(68)59-33-16-21-39-67(59)86-71(87)48-57-45-63(58-32-14-15-36-62(58)72(57)86)54-42-41-53-46-69-64(44-56(53)43-54)61-35-18-20-38-66(61)85-65-37-19-13-31-55(65)47-70(85)88(69)78-83-75(51-27-9-3-10-28-51)80-76(84-78)52-29-11-4-12-30-52/h1-48H. The summed E-state index contributed by atoms with van der Waals surface area (Å²) in [4.78, 5) is 36.3. The molecule has 0 spiro atoms. The Balaban J connectivity index is 0.858. The molecule has 0 saturated carbocycles. The van der Waals surface area contributed by atoms with Crippen LogP contribution in [-0.2, 0) is 0 Å². The van der Waals surface area contributed by atoms with E-state index in [1.165, 1.54) is 0 Å². The molecule has 6 heterocycles. The molecule has 0 saturated heterocycles. The number of aromatic nitrogens is 8. The van der Waals surface area contributed by atoms with Crippen molar-refractivity contribution in [2.45, 2.75) is 0 Å². The van der Waals surface area contributed by atoms with Crippen LogP contribution in [0.1, 0.15) is 0 Å². The molecule has 10 nitrogen and oxygen atoms in total. The Hall–Kier alpha value is -12.1. The van der Waals surface area contributed by atoms with Gasteiger partial charge in [-0.05, 0) is 87.9 Å². The van der Waals surface area contributed by atoms with E-state index in [9.17, 15) is 0 Å². The number of para-hydroxylation sites is 4. The molecule has 2 aliphatic rings. The summed E-state index contributed by atoms with van der Waals surface area (Å²) in [7, 11) is 0. The first kappa shape index (κ1) is 49.3. The molecule has 2 aliphatic heterocycles.